The summed E-state index contributed by atoms with van der Waals surface area (Å²) >= 11 is 3.26. The molecular formula is C15H13BrN4O3. The van der Waals surface area contributed by atoms with Crippen LogP contribution in [0.3, 0.4) is 0 Å². The standard InChI is InChI=1S/C15H13BrN4O3/c16-12-4-2-1-3-11(12)14(22)20-19-13(21)9-5-7-10(8-6-9)18-15(17)23/h1-8H,(H,19,21)(H,20,22)(H3,17,18,23). The van der Waals surface area contributed by atoms with E-state index in [1.807, 2.05) is 0 Å². The Labute approximate surface area is 140 Å². The second-order valence-corrected chi connectivity index (χ2v) is 5.31. The number of halogens is 1. The molecule has 5 N–H and O–H groups in total. The molecule has 7 nitrogen and oxygen atoms in total. The summed E-state index contributed by atoms with van der Waals surface area (Å²) in [6.45, 7) is 0. The SMILES string of the molecule is NC(=O)Nc1ccc(C(=O)NNC(=O)c2ccccc2Br)cc1. The van der Waals surface area contributed by atoms with Crippen LogP contribution in [0.4, 0.5) is 10.5 Å². The van der Waals surface area contributed by atoms with Gasteiger partial charge in [-0.1, -0.05) is 12.1 Å². The molecule has 23 heavy (non-hydrogen) atoms. The number of primary amides is 1. The minimum absolute atomic E-state index is 0.312. The van der Waals surface area contributed by atoms with E-state index in [9.17, 15) is 14.4 Å². The fourth-order valence-corrected chi connectivity index (χ4v) is 2.21. The van der Waals surface area contributed by atoms with Crippen LogP contribution in [0.1, 0.15) is 20.7 Å². The highest BCUT2D eigenvalue weighted by atomic mass is 79.9. The molecule has 0 atom stereocenters. The Hall–Kier alpha value is -2.87. The Morgan fingerprint density at radius 1 is 0.870 bits per heavy atom. The predicted octanol–water partition coefficient (Wildman–Crippen LogP) is 2.01. The van der Waals surface area contributed by atoms with Gasteiger partial charge in [-0.25, -0.2) is 4.79 Å². The molecule has 0 aromatic heterocycles. The van der Waals surface area contributed by atoms with Crippen molar-refractivity contribution in [1.29, 1.82) is 0 Å². The minimum Gasteiger partial charge on any atom is -0.351 e. The first-order chi connectivity index (χ1) is 11.0. The lowest BCUT2D eigenvalue weighted by Crippen LogP contribution is -2.41. The van der Waals surface area contributed by atoms with Crippen molar-refractivity contribution in [2.24, 2.45) is 5.73 Å². The molecule has 8 heteroatoms. The molecule has 0 aliphatic carbocycles. The highest BCUT2D eigenvalue weighted by Gasteiger charge is 2.11. The number of hydrogen-bond acceptors (Lipinski definition) is 3. The molecule has 118 valence electrons. The van der Waals surface area contributed by atoms with Gasteiger partial charge in [-0.05, 0) is 52.3 Å². The van der Waals surface area contributed by atoms with Crippen molar-refractivity contribution in [1.82, 2.24) is 10.9 Å². The van der Waals surface area contributed by atoms with Gasteiger partial charge >= 0.3 is 6.03 Å². The number of carbonyl (C=O) groups is 3. The average molecular weight is 377 g/mol. The fraction of sp³-hybridized carbons (Fsp3) is 0. The van der Waals surface area contributed by atoms with E-state index < -0.39 is 17.8 Å². The molecule has 0 aliphatic rings. The van der Waals surface area contributed by atoms with Crippen LogP contribution < -0.4 is 21.9 Å². The Morgan fingerprint density at radius 2 is 1.48 bits per heavy atom. The van der Waals surface area contributed by atoms with E-state index in [0.717, 1.165) is 0 Å². The van der Waals surface area contributed by atoms with Crippen LogP contribution in [0.2, 0.25) is 0 Å². The molecule has 2 rings (SSSR count). The Balaban J connectivity index is 1.95. The molecule has 0 radical (unpaired) electrons. The lowest BCUT2D eigenvalue weighted by molar-refractivity contribution is 0.0846. The van der Waals surface area contributed by atoms with Crippen molar-refractivity contribution in [3.63, 3.8) is 0 Å². The number of urea groups is 1. The monoisotopic (exact) mass is 376 g/mol. The van der Waals surface area contributed by atoms with Crippen molar-refractivity contribution >= 4 is 39.5 Å². The molecule has 2 aromatic carbocycles. The van der Waals surface area contributed by atoms with Crippen molar-refractivity contribution < 1.29 is 14.4 Å². The summed E-state index contributed by atoms with van der Waals surface area (Å²) in [7, 11) is 0. The lowest BCUT2D eigenvalue weighted by atomic mass is 10.2. The number of hydrazine groups is 1. The number of amides is 4. The summed E-state index contributed by atoms with van der Waals surface area (Å²) in [6, 6.07) is 12.2. The smallest absolute Gasteiger partial charge is 0.316 e. The number of rotatable bonds is 3. The highest BCUT2D eigenvalue weighted by molar-refractivity contribution is 9.10. The van der Waals surface area contributed by atoms with Crippen molar-refractivity contribution in [3.8, 4) is 0 Å². The van der Waals surface area contributed by atoms with Gasteiger partial charge in [0.2, 0.25) is 0 Å². The quantitative estimate of drug-likeness (QED) is 0.614. The normalized spacial score (nSPS) is 9.78. The lowest BCUT2D eigenvalue weighted by Gasteiger charge is -2.09. The van der Waals surface area contributed by atoms with Gasteiger partial charge in [-0.2, -0.15) is 0 Å². The van der Waals surface area contributed by atoms with E-state index in [-0.39, 0.29) is 0 Å². The highest BCUT2D eigenvalue weighted by Crippen LogP contribution is 2.15. The number of benzene rings is 2. The molecule has 0 unspecified atom stereocenters. The van der Waals surface area contributed by atoms with Gasteiger partial charge in [0.15, 0.2) is 0 Å². The van der Waals surface area contributed by atoms with Crippen molar-refractivity contribution in [2.75, 3.05) is 5.32 Å². The maximum absolute atomic E-state index is 12.0. The molecule has 0 fully saturated rings. The summed E-state index contributed by atoms with van der Waals surface area (Å²) in [5, 5.41) is 2.38. The first-order valence-electron chi connectivity index (χ1n) is 6.49. The second kappa shape index (κ2) is 7.41. The second-order valence-electron chi connectivity index (χ2n) is 4.45. The minimum atomic E-state index is -0.692. The number of anilines is 1. The summed E-state index contributed by atoms with van der Waals surface area (Å²) < 4.78 is 0.619. The number of carbonyl (C=O) groups excluding carboxylic acids is 3. The van der Waals surface area contributed by atoms with Crippen molar-refractivity contribution in [3.05, 3.63) is 64.1 Å². The Morgan fingerprint density at radius 3 is 2.09 bits per heavy atom. The van der Waals surface area contributed by atoms with Gasteiger partial charge in [0.1, 0.15) is 0 Å². The third-order valence-corrected chi connectivity index (χ3v) is 3.51. The van der Waals surface area contributed by atoms with Gasteiger partial charge in [0, 0.05) is 15.7 Å². The van der Waals surface area contributed by atoms with E-state index in [4.69, 9.17) is 5.73 Å². The van der Waals surface area contributed by atoms with E-state index in [1.165, 1.54) is 24.3 Å². The van der Waals surface area contributed by atoms with E-state index in [0.29, 0.717) is 21.3 Å². The van der Waals surface area contributed by atoms with Crippen LogP contribution in [-0.2, 0) is 0 Å². The molecule has 4 amide bonds. The number of nitrogens with one attached hydrogen (secondary N) is 3. The van der Waals surface area contributed by atoms with Gasteiger partial charge in [0.25, 0.3) is 11.8 Å². The zero-order chi connectivity index (χ0) is 16.8. The zero-order valence-electron chi connectivity index (χ0n) is 11.8. The first-order valence-corrected chi connectivity index (χ1v) is 7.28. The molecule has 0 aliphatic heterocycles. The van der Waals surface area contributed by atoms with Gasteiger partial charge in [-0.3, -0.25) is 20.4 Å². The number of hydrogen-bond donors (Lipinski definition) is 4. The topological polar surface area (TPSA) is 113 Å². The average Bonchev–Trinajstić information content (AvgIpc) is 2.53. The molecule has 0 spiro atoms. The fourth-order valence-electron chi connectivity index (χ4n) is 1.75. The largest absolute Gasteiger partial charge is 0.351 e. The first kappa shape index (κ1) is 16.5. The Bertz CT molecular complexity index is 747. The van der Waals surface area contributed by atoms with Crippen LogP contribution in [0.25, 0.3) is 0 Å². The third-order valence-electron chi connectivity index (χ3n) is 2.82. The molecule has 0 bridgehead atoms. The third kappa shape index (κ3) is 4.55. The summed E-state index contributed by atoms with van der Waals surface area (Å²) in [6.07, 6.45) is 0. The van der Waals surface area contributed by atoms with Crippen molar-refractivity contribution in [2.45, 2.75) is 0 Å². The van der Waals surface area contributed by atoms with Crippen LogP contribution in [0, 0.1) is 0 Å². The zero-order valence-corrected chi connectivity index (χ0v) is 13.4. The van der Waals surface area contributed by atoms with E-state index in [1.54, 1.807) is 24.3 Å². The molecule has 0 saturated carbocycles. The maximum atomic E-state index is 12.0. The van der Waals surface area contributed by atoms with Gasteiger partial charge < -0.3 is 11.1 Å². The Kier molecular flexibility index (Phi) is 5.32. The summed E-state index contributed by atoms with van der Waals surface area (Å²) in [4.78, 5) is 34.6. The van der Waals surface area contributed by atoms with Gasteiger partial charge in [-0.15, -0.1) is 0 Å². The van der Waals surface area contributed by atoms with E-state index >= 15 is 0 Å². The molecule has 0 heterocycles. The van der Waals surface area contributed by atoms with Gasteiger partial charge in [0.05, 0.1) is 5.56 Å². The summed E-state index contributed by atoms with van der Waals surface area (Å²) in [5.74, 6) is -0.936. The molecule has 0 saturated heterocycles. The predicted molar refractivity (Wildman–Crippen MR) is 88.7 cm³/mol. The maximum Gasteiger partial charge on any atom is 0.316 e. The van der Waals surface area contributed by atoms with E-state index in [2.05, 4.69) is 32.1 Å². The molecular weight excluding hydrogens is 364 g/mol. The van der Waals surface area contributed by atoms with Crippen LogP contribution >= 0.6 is 15.9 Å². The van der Waals surface area contributed by atoms with Crippen LogP contribution in [0.5, 0.6) is 0 Å². The van der Waals surface area contributed by atoms with Crippen LogP contribution in [-0.4, -0.2) is 17.8 Å². The number of nitrogens with two attached hydrogens (primary N) is 1. The van der Waals surface area contributed by atoms with Crippen LogP contribution in [0.15, 0.2) is 53.0 Å². The summed E-state index contributed by atoms with van der Waals surface area (Å²) in [5.41, 5.74) is 10.8. The molecule has 2 aromatic rings.